The molecule has 0 radical (unpaired) electrons. The standard InChI is InChI=1S/C17H27NO4S/c1-16(2,3)15-10-13(18-22-15)9-14(19)17(4,5)23(20,21)11-12-7-6-8-12/h10,12H,6-9,11H2,1-5H3. The van der Waals surface area contributed by atoms with E-state index in [1.165, 1.54) is 13.8 Å². The van der Waals surface area contributed by atoms with Crippen molar-refractivity contribution in [3.05, 3.63) is 17.5 Å². The summed E-state index contributed by atoms with van der Waals surface area (Å²) >= 11 is 0. The lowest BCUT2D eigenvalue weighted by molar-refractivity contribution is -0.120. The zero-order chi connectivity index (χ0) is 17.5. The van der Waals surface area contributed by atoms with Crippen LogP contribution in [0.1, 0.15) is 65.3 Å². The van der Waals surface area contributed by atoms with Crippen LogP contribution >= 0.6 is 0 Å². The van der Waals surface area contributed by atoms with Gasteiger partial charge in [-0.1, -0.05) is 32.3 Å². The van der Waals surface area contributed by atoms with Crippen molar-refractivity contribution in [2.24, 2.45) is 5.92 Å². The van der Waals surface area contributed by atoms with E-state index in [1.54, 1.807) is 6.07 Å². The van der Waals surface area contributed by atoms with E-state index >= 15 is 0 Å². The van der Waals surface area contributed by atoms with Crippen molar-refractivity contribution in [3.63, 3.8) is 0 Å². The lowest BCUT2D eigenvalue weighted by Gasteiger charge is -2.30. The largest absolute Gasteiger partial charge is 0.361 e. The van der Waals surface area contributed by atoms with Gasteiger partial charge < -0.3 is 4.52 Å². The van der Waals surface area contributed by atoms with Crippen LogP contribution in [0.2, 0.25) is 0 Å². The molecule has 0 aromatic carbocycles. The Morgan fingerprint density at radius 3 is 2.30 bits per heavy atom. The molecule has 6 heteroatoms. The summed E-state index contributed by atoms with van der Waals surface area (Å²) in [5, 5.41) is 3.92. The number of carbonyl (C=O) groups is 1. The molecule has 23 heavy (non-hydrogen) atoms. The summed E-state index contributed by atoms with van der Waals surface area (Å²) in [7, 11) is -3.47. The molecule has 0 saturated heterocycles. The molecular formula is C17H27NO4S. The van der Waals surface area contributed by atoms with Crippen molar-refractivity contribution in [3.8, 4) is 0 Å². The van der Waals surface area contributed by atoms with E-state index in [0.717, 1.165) is 19.3 Å². The fourth-order valence-electron chi connectivity index (χ4n) is 2.48. The first-order valence-corrected chi connectivity index (χ1v) is 9.80. The van der Waals surface area contributed by atoms with Gasteiger partial charge in [-0.2, -0.15) is 0 Å². The smallest absolute Gasteiger partial charge is 0.162 e. The molecule has 0 bridgehead atoms. The van der Waals surface area contributed by atoms with E-state index in [4.69, 9.17) is 4.52 Å². The molecule has 0 aliphatic heterocycles. The molecule has 0 spiro atoms. The van der Waals surface area contributed by atoms with Crippen molar-refractivity contribution < 1.29 is 17.7 Å². The van der Waals surface area contributed by atoms with Gasteiger partial charge in [-0.15, -0.1) is 0 Å². The molecule has 2 rings (SSSR count). The molecule has 1 fully saturated rings. The first-order chi connectivity index (χ1) is 10.4. The van der Waals surface area contributed by atoms with Gasteiger partial charge in [0.2, 0.25) is 0 Å². The second-order valence-corrected chi connectivity index (χ2v) is 10.7. The van der Waals surface area contributed by atoms with Crippen molar-refractivity contribution in [1.29, 1.82) is 0 Å². The number of nitrogens with zero attached hydrogens (tertiary/aromatic N) is 1. The Hall–Kier alpha value is -1.17. The van der Waals surface area contributed by atoms with Gasteiger partial charge in [0.1, 0.15) is 10.5 Å². The van der Waals surface area contributed by atoms with Crippen LogP contribution in [0, 0.1) is 5.92 Å². The molecule has 0 unspecified atom stereocenters. The third kappa shape index (κ3) is 3.84. The molecule has 1 saturated carbocycles. The number of aromatic nitrogens is 1. The third-order valence-corrected chi connectivity index (χ3v) is 7.46. The van der Waals surface area contributed by atoms with E-state index in [1.807, 2.05) is 20.8 Å². The molecule has 1 heterocycles. The third-order valence-electron chi connectivity index (χ3n) is 4.77. The lowest BCUT2D eigenvalue weighted by atomic mass is 9.87. The Kier molecular flexibility index (Phi) is 4.77. The summed E-state index contributed by atoms with van der Waals surface area (Å²) in [5.41, 5.74) is 0.298. The average molecular weight is 341 g/mol. The van der Waals surface area contributed by atoms with Crippen molar-refractivity contribution in [2.75, 3.05) is 5.75 Å². The number of Topliss-reactive ketones (excluding diaryl/α,β-unsaturated/α-hetero) is 1. The maximum absolute atomic E-state index is 12.6. The lowest BCUT2D eigenvalue weighted by Crippen LogP contribution is -2.45. The monoisotopic (exact) mass is 341 g/mol. The van der Waals surface area contributed by atoms with E-state index in [0.29, 0.717) is 11.5 Å². The van der Waals surface area contributed by atoms with Gasteiger partial charge in [-0.05, 0) is 32.6 Å². The molecular weight excluding hydrogens is 314 g/mol. The average Bonchev–Trinajstić information content (AvgIpc) is 2.82. The van der Waals surface area contributed by atoms with E-state index in [2.05, 4.69) is 5.16 Å². The Morgan fingerprint density at radius 2 is 1.87 bits per heavy atom. The minimum absolute atomic E-state index is 0.0174. The normalized spacial score (nSPS) is 17.1. The van der Waals surface area contributed by atoms with Crippen LogP contribution in [-0.2, 0) is 26.5 Å². The molecule has 1 aromatic rings. The molecule has 1 aliphatic carbocycles. The number of hydrogen-bond donors (Lipinski definition) is 0. The van der Waals surface area contributed by atoms with Gasteiger partial charge in [-0.25, -0.2) is 8.42 Å². The summed E-state index contributed by atoms with van der Waals surface area (Å²) in [6.07, 6.45) is 2.96. The number of carbonyl (C=O) groups excluding carboxylic acids is 1. The molecule has 0 N–H and O–H groups in total. The highest BCUT2D eigenvalue weighted by Gasteiger charge is 2.43. The second-order valence-electron chi connectivity index (χ2n) is 8.12. The predicted octanol–water partition coefficient (Wildman–Crippen LogP) is 3.08. The molecule has 0 atom stereocenters. The predicted molar refractivity (Wildman–Crippen MR) is 89.1 cm³/mol. The number of rotatable bonds is 6. The summed E-state index contributed by atoms with van der Waals surface area (Å²) in [6, 6.07) is 1.74. The maximum Gasteiger partial charge on any atom is 0.162 e. The highest BCUT2D eigenvalue weighted by molar-refractivity contribution is 7.93. The van der Waals surface area contributed by atoms with E-state index in [-0.39, 0.29) is 29.3 Å². The first kappa shape index (κ1) is 18.2. The highest BCUT2D eigenvalue weighted by atomic mass is 32.2. The Labute approximate surface area is 138 Å². The second kappa shape index (κ2) is 6.04. The number of sulfone groups is 1. The Morgan fingerprint density at radius 1 is 1.26 bits per heavy atom. The number of hydrogen-bond acceptors (Lipinski definition) is 5. The van der Waals surface area contributed by atoms with E-state index < -0.39 is 14.6 Å². The van der Waals surface area contributed by atoms with Gasteiger partial charge in [0.15, 0.2) is 15.6 Å². The SMILES string of the molecule is CC(C)(C)c1cc(CC(=O)C(C)(C)S(=O)(=O)CC2CCC2)no1. The Balaban J connectivity index is 2.10. The molecule has 1 aliphatic rings. The maximum atomic E-state index is 12.6. The van der Waals surface area contributed by atoms with Crippen LogP contribution in [0.15, 0.2) is 10.6 Å². The van der Waals surface area contributed by atoms with Crippen LogP contribution in [0.25, 0.3) is 0 Å². The Bertz CT molecular complexity index is 676. The van der Waals surface area contributed by atoms with Crippen LogP contribution in [-0.4, -0.2) is 29.9 Å². The van der Waals surface area contributed by atoms with Gasteiger partial charge in [0.25, 0.3) is 0 Å². The topological polar surface area (TPSA) is 77.2 Å². The summed E-state index contributed by atoms with van der Waals surface area (Å²) in [5.74, 6) is 0.685. The van der Waals surface area contributed by atoms with Gasteiger partial charge in [0.05, 0.1) is 17.9 Å². The molecule has 1 aromatic heterocycles. The van der Waals surface area contributed by atoms with Gasteiger partial charge in [-0.3, -0.25) is 4.79 Å². The van der Waals surface area contributed by atoms with Gasteiger partial charge in [0, 0.05) is 11.5 Å². The molecule has 130 valence electrons. The van der Waals surface area contributed by atoms with Crippen molar-refractivity contribution in [1.82, 2.24) is 5.16 Å². The highest BCUT2D eigenvalue weighted by Crippen LogP contribution is 2.32. The molecule has 5 nitrogen and oxygen atoms in total. The zero-order valence-corrected chi connectivity index (χ0v) is 15.5. The van der Waals surface area contributed by atoms with Crippen LogP contribution in [0.4, 0.5) is 0 Å². The van der Waals surface area contributed by atoms with Crippen LogP contribution in [0.5, 0.6) is 0 Å². The minimum atomic E-state index is -3.47. The quantitative estimate of drug-likeness (QED) is 0.794. The van der Waals surface area contributed by atoms with Crippen LogP contribution in [0.3, 0.4) is 0 Å². The van der Waals surface area contributed by atoms with Crippen molar-refractivity contribution >= 4 is 15.6 Å². The summed E-state index contributed by atoms with van der Waals surface area (Å²) in [6.45, 7) is 8.99. The molecule has 0 amide bonds. The first-order valence-electron chi connectivity index (χ1n) is 8.15. The zero-order valence-electron chi connectivity index (χ0n) is 14.7. The fourth-order valence-corrected chi connectivity index (χ4v) is 4.27. The number of ketones is 1. The van der Waals surface area contributed by atoms with Crippen LogP contribution < -0.4 is 0 Å². The summed E-state index contributed by atoms with van der Waals surface area (Å²) in [4.78, 5) is 12.6. The van der Waals surface area contributed by atoms with Crippen molar-refractivity contribution in [2.45, 2.75) is 70.5 Å². The minimum Gasteiger partial charge on any atom is -0.361 e. The fraction of sp³-hybridized carbons (Fsp3) is 0.765. The van der Waals surface area contributed by atoms with E-state index in [9.17, 15) is 13.2 Å². The summed E-state index contributed by atoms with van der Waals surface area (Å²) < 4.78 is 29.1. The van der Waals surface area contributed by atoms with Gasteiger partial charge >= 0.3 is 0 Å².